The molecule has 13 heavy (non-hydrogen) atoms. The molecule has 1 aromatic rings. The van der Waals surface area contributed by atoms with Crippen molar-refractivity contribution in [1.82, 2.24) is 0 Å². The predicted molar refractivity (Wildman–Crippen MR) is 56.6 cm³/mol. The molecule has 0 saturated carbocycles. The Labute approximate surface area is 86.3 Å². The van der Waals surface area contributed by atoms with Gasteiger partial charge in [0, 0.05) is 4.90 Å². The van der Waals surface area contributed by atoms with E-state index in [1.54, 1.807) is 0 Å². The van der Waals surface area contributed by atoms with Crippen LogP contribution in [0.5, 0.6) is 0 Å². The molecular formula is C9H6N2S2. The molecule has 0 aliphatic heterocycles. The molecule has 0 amide bonds. The van der Waals surface area contributed by atoms with Crippen molar-refractivity contribution < 1.29 is 0 Å². The molecule has 0 aliphatic carbocycles. The lowest BCUT2D eigenvalue weighted by Gasteiger charge is -2.00. The van der Waals surface area contributed by atoms with Crippen molar-refractivity contribution in [2.24, 2.45) is 4.99 Å². The lowest BCUT2D eigenvalue weighted by atomic mass is 10.2. The molecule has 0 heterocycles. The van der Waals surface area contributed by atoms with Gasteiger partial charge in [-0.2, -0.15) is 5.26 Å². The number of isothiocyanates is 1. The highest BCUT2D eigenvalue weighted by atomic mass is 32.2. The summed E-state index contributed by atoms with van der Waals surface area (Å²) in [6, 6.07) is 7.62. The van der Waals surface area contributed by atoms with E-state index in [4.69, 9.17) is 5.26 Å². The molecule has 0 unspecified atom stereocenters. The number of aliphatic imine (C=N–C) groups is 1. The van der Waals surface area contributed by atoms with Gasteiger partial charge in [0.05, 0.1) is 11.7 Å². The zero-order valence-electron chi connectivity index (χ0n) is 6.73. The Morgan fingerprint density at radius 2 is 2.23 bits per heavy atom. The molecular weight excluding hydrogens is 200 g/mol. The van der Waals surface area contributed by atoms with Crippen LogP contribution in [0, 0.1) is 10.7 Å². The largest absolute Gasteiger partial charge is 0.228 e. The molecule has 1 aromatic carbocycles. The first-order valence-electron chi connectivity index (χ1n) is 3.56. The summed E-state index contributed by atoms with van der Waals surface area (Å²) in [6.07, 6.45) is 0. The highest BCUT2D eigenvalue weighted by Crippen LogP contribution is 2.21. The lowest BCUT2D eigenvalue weighted by Crippen LogP contribution is -1.83. The van der Waals surface area contributed by atoms with Gasteiger partial charge in [-0.15, -0.1) is 0 Å². The zero-order valence-corrected chi connectivity index (χ0v) is 8.36. The van der Waals surface area contributed by atoms with E-state index in [0.29, 0.717) is 6.54 Å². The van der Waals surface area contributed by atoms with Crippen LogP contribution in [0.15, 0.2) is 34.2 Å². The molecule has 2 nitrogen and oxygen atoms in total. The summed E-state index contributed by atoms with van der Waals surface area (Å²) in [5.74, 6) is 0. The quantitative estimate of drug-likeness (QED) is 0.330. The Hall–Kier alpha value is -1.14. The maximum absolute atomic E-state index is 8.52. The molecule has 4 heteroatoms. The molecule has 0 N–H and O–H groups in total. The van der Waals surface area contributed by atoms with E-state index in [1.165, 1.54) is 0 Å². The van der Waals surface area contributed by atoms with E-state index in [0.717, 1.165) is 22.2 Å². The Morgan fingerprint density at radius 3 is 2.92 bits per heavy atom. The number of rotatable bonds is 3. The first kappa shape index (κ1) is 9.94. The summed E-state index contributed by atoms with van der Waals surface area (Å²) >= 11 is 5.61. The van der Waals surface area contributed by atoms with Crippen molar-refractivity contribution in [3.8, 4) is 5.40 Å². The number of thiocarbonyl (C=S) groups is 1. The van der Waals surface area contributed by atoms with Crippen LogP contribution in [0.1, 0.15) is 5.56 Å². The van der Waals surface area contributed by atoms with Crippen molar-refractivity contribution in [2.75, 3.05) is 0 Å². The minimum atomic E-state index is 0.494. The predicted octanol–water partition coefficient (Wildman–Crippen LogP) is 2.86. The maximum Gasteiger partial charge on any atom is 0.138 e. The molecule has 0 fully saturated rings. The molecule has 0 bridgehead atoms. The van der Waals surface area contributed by atoms with Crippen LogP contribution in [0.4, 0.5) is 0 Å². The number of hydrogen-bond donors (Lipinski definition) is 0. The van der Waals surface area contributed by atoms with E-state index in [1.807, 2.05) is 29.7 Å². The number of benzene rings is 1. The molecule has 0 radical (unpaired) electrons. The van der Waals surface area contributed by atoms with E-state index < -0.39 is 0 Å². The second kappa shape index (κ2) is 5.50. The van der Waals surface area contributed by atoms with Gasteiger partial charge in [0.2, 0.25) is 0 Å². The maximum atomic E-state index is 8.52. The van der Waals surface area contributed by atoms with Gasteiger partial charge in [-0.1, -0.05) is 18.2 Å². The lowest BCUT2D eigenvalue weighted by molar-refractivity contribution is 1.04. The van der Waals surface area contributed by atoms with Gasteiger partial charge in [-0.25, -0.2) is 4.99 Å². The van der Waals surface area contributed by atoms with Crippen LogP contribution in [0.25, 0.3) is 0 Å². The Balaban J connectivity index is 2.91. The van der Waals surface area contributed by atoms with Crippen LogP contribution in [0.3, 0.4) is 0 Å². The molecule has 0 aliphatic rings. The van der Waals surface area contributed by atoms with E-state index >= 15 is 0 Å². The molecule has 0 spiro atoms. The Kier molecular flexibility index (Phi) is 4.20. The van der Waals surface area contributed by atoms with Crippen molar-refractivity contribution >= 4 is 29.1 Å². The van der Waals surface area contributed by atoms with Crippen LogP contribution in [-0.2, 0) is 6.54 Å². The molecule has 0 saturated heterocycles. The van der Waals surface area contributed by atoms with Crippen molar-refractivity contribution in [3.05, 3.63) is 29.8 Å². The number of nitrogens with zero attached hydrogens (tertiary/aromatic N) is 2. The minimum absolute atomic E-state index is 0.494. The fourth-order valence-corrected chi connectivity index (χ4v) is 1.47. The fourth-order valence-electron chi connectivity index (χ4n) is 0.901. The third kappa shape index (κ3) is 3.00. The van der Waals surface area contributed by atoms with Gasteiger partial charge in [0.25, 0.3) is 0 Å². The number of hydrogen-bond acceptors (Lipinski definition) is 4. The SMILES string of the molecule is N#CSc1ccccc1CN=C=S. The summed E-state index contributed by atoms with van der Waals surface area (Å²) in [5, 5.41) is 12.8. The van der Waals surface area contributed by atoms with Crippen LogP contribution >= 0.6 is 24.0 Å². The smallest absolute Gasteiger partial charge is 0.138 e. The molecule has 64 valence electrons. The third-order valence-electron chi connectivity index (χ3n) is 1.44. The van der Waals surface area contributed by atoms with Gasteiger partial charge in [-0.3, -0.25) is 0 Å². The summed E-state index contributed by atoms with van der Waals surface area (Å²) in [5.41, 5.74) is 1.01. The highest BCUT2D eigenvalue weighted by molar-refractivity contribution is 8.03. The second-order valence-corrected chi connectivity index (χ2v) is 3.22. The van der Waals surface area contributed by atoms with Crippen LogP contribution in [0.2, 0.25) is 0 Å². The highest BCUT2D eigenvalue weighted by Gasteiger charge is 1.99. The van der Waals surface area contributed by atoms with Crippen molar-refractivity contribution in [2.45, 2.75) is 11.4 Å². The van der Waals surface area contributed by atoms with E-state index in [2.05, 4.69) is 22.4 Å². The first-order valence-corrected chi connectivity index (χ1v) is 4.78. The second-order valence-electron chi connectivity index (χ2n) is 2.21. The summed E-state index contributed by atoms with van der Waals surface area (Å²) in [6.45, 7) is 0.494. The summed E-state index contributed by atoms with van der Waals surface area (Å²) < 4.78 is 0. The van der Waals surface area contributed by atoms with Gasteiger partial charge >= 0.3 is 0 Å². The fraction of sp³-hybridized carbons (Fsp3) is 0.111. The first-order chi connectivity index (χ1) is 6.38. The number of thiocyanates is 1. The normalized spacial score (nSPS) is 8.54. The standard InChI is InChI=1S/C9H6N2S2/c10-6-13-9-4-2-1-3-8(9)5-11-7-12/h1-4H,5H2. The van der Waals surface area contributed by atoms with Crippen LogP contribution < -0.4 is 0 Å². The number of nitriles is 1. The van der Waals surface area contributed by atoms with Gasteiger partial charge in [0.15, 0.2) is 0 Å². The van der Waals surface area contributed by atoms with Gasteiger partial charge in [0.1, 0.15) is 5.40 Å². The monoisotopic (exact) mass is 206 g/mol. The van der Waals surface area contributed by atoms with Crippen LogP contribution in [-0.4, -0.2) is 5.16 Å². The Bertz CT molecular complexity index is 375. The Morgan fingerprint density at radius 1 is 1.46 bits per heavy atom. The van der Waals surface area contributed by atoms with Gasteiger partial charge in [-0.05, 0) is 35.6 Å². The summed E-state index contributed by atoms with van der Waals surface area (Å²) in [4.78, 5) is 4.76. The zero-order chi connectivity index (χ0) is 9.52. The average Bonchev–Trinajstić information content (AvgIpc) is 2.17. The van der Waals surface area contributed by atoms with Crippen molar-refractivity contribution in [3.63, 3.8) is 0 Å². The summed E-state index contributed by atoms with van der Waals surface area (Å²) in [7, 11) is 0. The molecule has 1 rings (SSSR count). The molecule has 0 atom stereocenters. The topological polar surface area (TPSA) is 36.1 Å². The number of thioether (sulfide) groups is 1. The van der Waals surface area contributed by atoms with E-state index in [9.17, 15) is 0 Å². The van der Waals surface area contributed by atoms with Crippen molar-refractivity contribution in [1.29, 1.82) is 5.26 Å². The van der Waals surface area contributed by atoms with Gasteiger partial charge < -0.3 is 0 Å². The minimum Gasteiger partial charge on any atom is -0.228 e. The molecule has 0 aromatic heterocycles. The average molecular weight is 206 g/mol. The third-order valence-corrected chi connectivity index (χ3v) is 2.28. The van der Waals surface area contributed by atoms with E-state index in [-0.39, 0.29) is 0 Å².